The van der Waals surface area contributed by atoms with Gasteiger partial charge in [-0.2, -0.15) is 0 Å². The summed E-state index contributed by atoms with van der Waals surface area (Å²) in [6.45, 7) is 9.13. The molecule has 0 bridgehead atoms. The third-order valence-corrected chi connectivity index (χ3v) is 5.82. The monoisotopic (exact) mass is 350 g/mol. The molecule has 3 rings (SSSR count). The van der Waals surface area contributed by atoms with E-state index in [1.54, 1.807) is 6.92 Å². The van der Waals surface area contributed by atoms with Crippen LogP contribution in [0.4, 0.5) is 0 Å². The van der Waals surface area contributed by atoms with Crippen LogP contribution < -0.4 is 5.32 Å². The molecular formula is C23H30N2O. The topological polar surface area (TPSA) is 32.3 Å². The fourth-order valence-electron chi connectivity index (χ4n) is 4.00. The molecule has 0 radical (unpaired) electrons. The van der Waals surface area contributed by atoms with Gasteiger partial charge in [0, 0.05) is 32.6 Å². The number of benzene rings is 2. The van der Waals surface area contributed by atoms with Crippen LogP contribution in [0.2, 0.25) is 0 Å². The molecule has 1 fully saturated rings. The first kappa shape index (κ1) is 18.7. The van der Waals surface area contributed by atoms with E-state index in [9.17, 15) is 4.79 Å². The molecule has 3 heteroatoms. The zero-order chi connectivity index (χ0) is 18.6. The van der Waals surface area contributed by atoms with Crippen LogP contribution in [-0.4, -0.2) is 23.4 Å². The fraction of sp³-hybridized carbons (Fsp3) is 0.435. The molecule has 1 saturated carbocycles. The van der Waals surface area contributed by atoms with Crippen LogP contribution in [0.25, 0.3) is 0 Å². The Labute approximate surface area is 157 Å². The summed E-state index contributed by atoms with van der Waals surface area (Å²) in [6, 6.07) is 21.6. The first-order valence-corrected chi connectivity index (χ1v) is 9.52. The lowest BCUT2D eigenvalue weighted by Crippen LogP contribution is -2.60. The van der Waals surface area contributed by atoms with E-state index in [2.05, 4.69) is 84.7 Å². The van der Waals surface area contributed by atoms with Crippen molar-refractivity contribution < 1.29 is 4.79 Å². The van der Waals surface area contributed by atoms with Gasteiger partial charge in [-0.05, 0) is 28.9 Å². The molecule has 1 N–H and O–H groups in total. The van der Waals surface area contributed by atoms with Crippen molar-refractivity contribution in [1.82, 2.24) is 10.2 Å². The van der Waals surface area contributed by atoms with Crippen LogP contribution in [0, 0.1) is 11.3 Å². The average Bonchev–Trinajstić information content (AvgIpc) is 2.62. The van der Waals surface area contributed by atoms with E-state index >= 15 is 0 Å². The largest absolute Gasteiger partial charge is 0.353 e. The molecule has 2 aromatic carbocycles. The zero-order valence-corrected chi connectivity index (χ0v) is 16.1. The van der Waals surface area contributed by atoms with Crippen LogP contribution in [0.3, 0.4) is 0 Å². The van der Waals surface area contributed by atoms with E-state index in [1.165, 1.54) is 11.1 Å². The predicted octanol–water partition coefficient (Wildman–Crippen LogP) is 4.24. The van der Waals surface area contributed by atoms with Crippen molar-refractivity contribution in [1.29, 1.82) is 0 Å². The lowest BCUT2D eigenvalue weighted by Gasteiger charge is -2.53. The quantitative estimate of drug-likeness (QED) is 0.810. The van der Waals surface area contributed by atoms with E-state index < -0.39 is 0 Å². The van der Waals surface area contributed by atoms with Crippen molar-refractivity contribution in [3.8, 4) is 0 Å². The molecule has 0 unspecified atom stereocenters. The van der Waals surface area contributed by atoms with E-state index in [0.717, 1.165) is 26.1 Å². The summed E-state index contributed by atoms with van der Waals surface area (Å²) in [5.41, 5.74) is 2.83. The Balaban J connectivity index is 1.68. The Morgan fingerprint density at radius 1 is 1.00 bits per heavy atom. The first-order chi connectivity index (χ1) is 12.4. The first-order valence-electron chi connectivity index (χ1n) is 9.52. The molecule has 1 aliphatic carbocycles. The summed E-state index contributed by atoms with van der Waals surface area (Å²) in [5, 5.41) is 3.11. The average molecular weight is 351 g/mol. The van der Waals surface area contributed by atoms with Gasteiger partial charge in [-0.1, -0.05) is 74.5 Å². The molecule has 26 heavy (non-hydrogen) atoms. The Bertz CT molecular complexity index is 670. The van der Waals surface area contributed by atoms with Gasteiger partial charge in [-0.25, -0.2) is 0 Å². The maximum absolute atomic E-state index is 11.4. The number of nitrogens with zero attached hydrogens (tertiary/aromatic N) is 1. The molecule has 0 spiro atoms. The summed E-state index contributed by atoms with van der Waals surface area (Å²) in [7, 11) is 0. The lowest BCUT2D eigenvalue weighted by atomic mass is 9.58. The second kappa shape index (κ2) is 8.05. The van der Waals surface area contributed by atoms with E-state index in [4.69, 9.17) is 0 Å². The molecule has 0 aliphatic heterocycles. The SMILES string of the molecule is CC(=O)N[C@H]1C[C@@H](CN(Cc2ccccc2)Cc2ccccc2)C1(C)C. The standard InChI is InChI=1S/C23H30N2O/c1-18(26)24-22-14-21(23(22,2)3)17-25(15-19-10-6-4-7-11-19)16-20-12-8-5-9-13-20/h4-13,21-22H,14-17H2,1-3H3,(H,24,26)/t21-,22-/m0/s1. The van der Waals surface area contributed by atoms with E-state index in [0.29, 0.717) is 12.0 Å². The second-order valence-corrected chi connectivity index (χ2v) is 8.15. The number of rotatable bonds is 7. The number of hydrogen-bond acceptors (Lipinski definition) is 2. The molecule has 2 atom stereocenters. The third kappa shape index (κ3) is 4.53. The molecule has 1 aliphatic rings. The summed E-state index contributed by atoms with van der Waals surface area (Å²) in [6.07, 6.45) is 1.06. The number of carbonyl (C=O) groups excluding carboxylic acids is 1. The van der Waals surface area contributed by atoms with Gasteiger partial charge < -0.3 is 5.32 Å². The van der Waals surface area contributed by atoms with Crippen LogP contribution in [0.15, 0.2) is 60.7 Å². The van der Waals surface area contributed by atoms with Crippen LogP contribution in [-0.2, 0) is 17.9 Å². The highest BCUT2D eigenvalue weighted by molar-refractivity contribution is 5.73. The van der Waals surface area contributed by atoms with Crippen molar-refractivity contribution in [3.63, 3.8) is 0 Å². The van der Waals surface area contributed by atoms with Gasteiger partial charge in [0.15, 0.2) is 0 Å². The van der Waals surface area contributed by atoms with Gasteiger partial charge in [0.05, 0.1) is 0 Å². The highest BCUT2D eigenvalue weighted by atomic mass is 16.1. The number of amides is 1. The van der Waals surface area contributed by atoms with E-state index in [-0.39, 0.29) is 11.3 Å². The van der Waals surface area contributed by atoms with Crippen molar-refractivity contribution in [2.45, 2.75) is 46.3 Å². The van der Waals surface area contributed by atoms with Crippen LogP contribution in [0.1, 0.15) is 38.3 Å². The minimum absolute atomic E-state index is 0.0759. The Hall–Kier alpha value is -2.13. The summed E-state index contributed by atoms with van der Waals surface area (Å²) in [5.74, 6) is 0.665. The molecular weight excluding hydrogens is 320 g/mol. The molecule has 1 amide bonds. The Kier molecular flexibility index (Phi) is 5.77. The van der Waals surface area contributed by atoms with Gasteiger partial charge >= 0.3 is 0 Å². The Morgan fingerprint density at radius 2 is 1.50 bits per heavy atom. The van der Waals surface area contributed by atoms with Gasteiger partial charge in [0.2, 0.25) is 5.91 Å². The third-order valence-electron chi connectivity index (χ3n) is 5.82. The molecule has 0 aromatic heterocycles. The minimum atomic E-state index is 0.0759. The van der Waals surface area contributed by atoms with Crippen LogP contribution >= 0.6 is 0 Å². The summed E-state index contributed by atoms with van der Waals surface area (Å²) < 4.78 is 0. The Morgan fingerprint density at radius 3 is 1.92 bits per heavy atom. The fourth-order valence-corrected chi connectivity index (χ4v) is 4.00. The maximum atomic E-state index is 11.4. The highest BCUT2D eigenvalue weighted by Gasteiger charge is 2.48. The minimum Gasteiger partial charge on any atom is -0.353 e. The van der Waals surface area contributed by atoms with E-state index in [1.807, 2.05) is 0 Å². The van der Waals surface area contributed by atoms with Crippen LogP contribution in [0.5, 0.6) is 0 Å². The van der Waals surface area contributed by atoms with Crippen molar-refractivity contribution in [3.05, 3.63) is 71.8 Å². The van der Waals surface area contributed by atoms with Gasteiger partial charge in [-0.15, -0.1) is 0 Å². The summed E-state index contributed by atoms with van der Waals surface area (Å²) in [4.78, 5) is 14.0. The van der Waals surface area contributed by atoms with Gasteiger partial charge in [0.1, 0.15) is 0 Å². The predicted molar refractivity (Wildman–Crippen MR) is 106 cm³/mol. The zero-order valence-electron chi connectivity index (χ0n) is 16.1. The normalized spacial score (nSPS) is 21.2. The summed E-state index contributed by atoms with van der Waals surface area (Å²) >= 11 is 0. The molecule has 0 heterocycles. The van der Waals surface area contributed by atoms with Crippen molar-refractivity contribution in [2.75, 3.05) is 6.54 Å². The van der Waals surface area contributed by atoms with Gasteiger partial charge in [0.25, 0.3) is 0 Å². The lowest BCUT2D eigenvalue weighted by molar-refractivity contribution is -0.123. The van der Waals surface area contributed by atoms with Gasteiger partial charge in [-0.3, -0.25) is 9.69 Å². The highest BCUT2D eigenvalue weighted by Crippen LogP contribution is 2.46. The number of carbonyl (C=O) groups is 1. The smallest absolute Gasteiger partial charge is 0.217 e. The second-order valence-electron chi connectivity index (χ2n) is 8.15. The maximum Gasteiger partial charge on any atom is 0.217 e. The van der Waals surface area contributed by atoms with Crippen molar-refractivity contribution >= 4 is 5.91 Å². The molecule has 3 nitrogen and oxygen atoms in total. The van der Waals surface area contributed by atoms with Crippen molar-refractivity contribution in [2.24, 2.45) is 11.3 Å². The number of hydrogen-bond donors (Lipinski definition) is 1. The molecule has 2 aromatic rings. The molecule has 138 valence electrons. The molecule has 0 saturated heterocycles. The number of nitrogens with one attached hydrogen (secondary N) is 1.